The van der Waals surface area contributed by atoms with Gasteiger partial charge in [-0.15, -0.1) is 0 Å². The number of aliphatic hydroxyl groups excluding tert-OH is 1. The quantitative estimate of drug-likeness (QED) is 0.651. The molecule has 0 saturated carbocycles. The van der Waals surface area contributed by atoms with Crippen LogP contribution in [0.4, 0.5) is 5.82 Å². The number of hydrogen-bond donors (Lipinski definition) is 3. The fourth-order valence-electron chi connectivity index (χ4n) is 2.65. The molecule has 9 heteroatoms. The van der Waals surface area contributed by atoms with Crippen LogP contribution in [0.5, 0.6) is 0 Å². The number of nitrogens with zero attached hydrogens (tertiary/aromatic N) is 4. The third kappa shape index (κ3) is 2.77. The molecule has 0 radical (unpaired) electrons. The molecule has 1 saturated heterocycles. The van der Waals surface area contributed by atoms with Crippen molar-refractivity contribution in [2.75, 3.05) is 12.3 Å². The highest BCUT2D eigenvalue weighted by Crippen LogP contribution is 2.31. The number of anilines is 1. The Morgan fingerprint density at radius 2 is 2.38 bits per heavy atom. The van der Waals surface area contributed by atoms with Gasteiger partial charge in [-0.2, -0.15) is 0 Å². The van der Waals surface area contributed by atoms with E-state index in [1.165, 1.54) is 6.33 Å². The standard InChI is InChI=1S/C15H18N6O3/c1-3-5-10-19-12(16)11-13(20-10)21(7-18-11)15-8(22)6-9(24-15)14(23)17-4-2/h7-9,15,22H,4,6H2,1-2H3,(H,17,23)(H2,16,19,20)/t8-,9?,15?/m0/s1. The fourth-order valence-corrected chi connectivity index (χ4v) is 2.65. The summed E-state index contributed by atoms with van der Waals surface area (Å²) in [5.41, 5.74) is 6.69. The van der Waals surface area contributed by atoms with E-state index in [2.05, 4.69) is 32.1 Å². The molecule has 2 unspecified atom stereocenters. The van der Waals surface area contributed by atoms with Crippen LogP contribution in [0.2, 0.25) is 0 Å². The monoisotopic (exact) mass is 330 g/mol. The predicted octanol–water partition coefficient (Wildman–Crippen LogP) is -0.436. The molecule has 3 heterocycles. The van der Waals surface area contributed by atoms with Gasteiger partial charge in [0.25, 0.3) is 0 Å². The Morgan fingerprint density at radius 1 is 1.58 bits per heavy atom. The summed E-state index contributed by atoms with van der Waals surface area (Å²) in [5, 5.41) is 13.0. The van der Waals surface area contributed by atoms with Crippen LogP contribution in [0.25, 0.3) is 11.2 Å². The van der Waals surface area contributed by atoms with Crippen LogP contribution >= 0.6 is 0 Å². The van der Waals surface area contributed by atoms with Crippen molar-refractivity contribution in [3.05, 3.63) is 12.2 Å². The number of amides is 1. The van der Waals surface area contributed by atoms with Gasteiger partial charge in [0, 0.05) is 13.0 Å². The summed E-state index contributed by atoms with van der Waals surface area (Å²) in [6.07, 6.45) is -0.715. The van der Waals surface area contributed by atoms with E-state index in [1.54, 1.807) is 11.5 Å². The van der Waals surface area contributed by atoms with Crippen molar-refractivity contribution in [2.45, 2.75) is 38.7 Å². The molecule has 3 rings (SSSR count). The third-order valence-corrected chi connectivity index (χ3v) is 3.69. The summed E-state index contributed by atoms with van der Waals surface area (Å²) >= 11 is 0. The molecular weight excluding hydrogens is 312 g/mol. The third-order valence-electron chi connectivity index (χ3n) is 3.69. The van der Waals surface area contributed by atoms with E-state index in [0.29, 0.717) is 17.7 Å². The number of imidazole rings is 1. The van der Waals surface area contributed by atoms with Gasteiger partial charge < -0.3 is 20.9 Å². The number of likely N-dealkylation sites (N-methyl/N-ethyl adjacent to an activating group) is 1. The van der Waals surface area contributed by atoms with Gasteiger partial charge in [0.2, 0.25) is 11.7 Å². The first kappa shape index (κ1) is 16.2. The molecule has 1 aliphatic heterocycles. The Kier molecular flexibility index (Phi) is 4.33. The number of aromatic nitrogens is 4. The average molecular weight is 330 g/mol. The van der Waals surface area contributed by atoms with Crippen LogP contribution in [-0.2, 0) is 9.53 Å². The Balaban J connectivity index is 1.97. The molecular formula is C15H18N6O3. The zero-order valence-electron chi connectivity index (χ0n) is 13.4. The summed E-state index contributed by atoms with van der Waals surface area (Å²) in [5.74, 6) is 5.66. The number of aliphatic hydroxyl groups is 1. The van der Waals surface area contributed by atoms with Crippen molar-refractivity contribution in [3.63, 3.8) is 0 Å². The van der Waals surface area contributed by atoms with Crippen molar-refractivity contribution in [1.29, 1.82) is 0 Å². The molecule has 126 valence electrons. The minimum Gasteiger partial charge on any atom is -0.388 e. The zero-order valence-corrected chi connectivity index (χ0v) is 13.4. The van der Waals surface area contributed by atoms with E-state index in [1.807, 2.05) is 6.92 Å². The Bertz CT molecular complexity index is 837. The first-order valence-corrected chi connectivity index (χ1v) is 7.59. The molecule has 0 aliphatic carbocycles. The second-order valence-corrected chi connectivity index (χ2v) is 5.34. The first-order valence-electron chi connectivity index (χ1n) is 7.59. The molecule has 2 aromatic rings. The summed E-state index contributed by atoms with van der Waals surface area (Å²) in [7, 11) is 0. The number of nitrogens with one attached hydrogen (secondary N) is 1. The smallest absolute Gasteiger partial charge is 0.249 e. The molecule has 0 aromatic carbocycles. The SMILES string of the molecule is CC#Cc1nc(N)c2ncn(C3OC(C(=O)NCC)C[C@@H]3O)c2n1. The minimum atomic E-state index is -0.869. The maximum atomic E-state index is 11.9. The number of nitrogens with two attached hydrogens (primary N) is 1. The largest absolute Gasteiger partial charge is 0.388 e. The Labute approximate surface area is 138 Å². The van der Waals surface area contributed by atoms with Crippen LogP contribution < -0.4 is 11.1 Å². The van der Waals surface area contributed by atoms with Gasteiger partial charge in [0.05, 0.1) is 6.33 Å². The van der Waals surface area contributed by atoms with E-state index in [4.69, 9.17) is 10.5 Å². The van der Waals surface area contributed by atoms with Crippen LogP contribution in [0, 0.1) is 11.8 Å². The lowest BCUT2D eigenvalue weighted by Gasteiger charge is -2.16. The first-order chi connectivity index (χ1) is 11.5. The molecule has 9 nitrogen and oxygen atoms in total. The predicted molar refractivity (Wildman–Crippen MR) is 85.5 cm³/mol. The second kappa shape index (κ2) is 6.43. The highest BCUT2D eigenvalue weighted by Gasteiger charge is 2.39. The van der Waals surface area contributed by atoms with E-state index in [-0.39, 0.29) is 24.0 Å². The van der Waals surface area contributed by atoms with E-state index in [9.17, 15) is 9.90 Å². The van der Waals surface area contributed by atoms with Crippen LogP contribution in [0.15, 0.2) is 6.33 Å². The highest BCUT2D eigenvalue weighted by molar-refractivity contribution is 5.82. The highest BCUT2D eigenvalue weighted by atomic mass is 16.5. The van der Waals surface area contributed by atoms with Crippen molar-refractivity contribution < 1.29 is 14.6 Å². The zero-order chi connectivity index (χ0) is 17.3. The Morgan fingerprint density at radius 3 is 3.08 bits per heavy atom. The lowest BCUT2D eigenvalue weighted by atomic mass is 10.2. The fraction of sp³-hybridized carbons (Fsp3) is 0.467. The van der Waals surface area contributed by atoms with Crippen molar-refractivity contribution in [1.82, 2.24) is 24.8 Å². The maximum Gasteiger partial charge on any atom is 0.249 e. The summed E-state index contributed by atoms with van der Waals surface area (Å²) in [6, 6.07) is 0. The average Bonchev–Trinajstić information content (AvgIpc) is 3.11. The van der Waals surface area contributed by atoms with Crippen molar-refractivity contribution >= 4 is 22.9 Å². The van der Waals surface area contributed by atoms with E-state index >= 15 is 0 Å². The second-order valence-electron chi connectivity index (χ2n) is 5.34. The molecule has 4 N–H and O–H groups in total. The Hall–Kier alpha value is -2.70. The number of rotatable bonds is 3. The molecule has 1 aliphatic rings. The molecule has 1 fully saturated rings. The van der Waals surface area contributed by atoms with Crippen LogP contribution in [0.1, 0.15) is 32.3 Å². The number of ether oxygens (including phenoxy) is 1. The molecule has 0 spiro atoms. The maximum absolute atomic E-state index is 11.9. The lowest BCUT2D eigenvalue weighted by molar-refractivity contribution is -0.134. The molecule has 1 amide bonds. The van der Waals surface area contributed by atoms with Crippen molar-refractivity contribution in [3.8, 4) is 11.8 Å². The van der Waals surface area contributed by atoms with Gasteiger partial charge in [-0.05, 0) is 19.8 Å². The van der Waals surface area contributed by atoms with E-state index < -0.39 is 18.4 Å². The number of fused-ring (bicyclic) bond motifs is 1. The normalized spacial score (nSPS) is 23.0. The molecule has 0 bridgehead atoms. The van der Waals surface area contributed by atoms with Gasteiger partial charge >= 0.3 is 0 Å². The molecule has 24 heavy (non-hydrogen) atoms. The van der Waals surface area contributed by atoms with Gasteiger partial charge in [0.15, 0.2) is 17.7 Å². The summed E-state index contributed by atoms with van der Waals surface area (Å²) in [6.45, 7) is 3.98. The topological polar surface area (TPSA) is 128 Å². The summed E-state index contributed by atoms with van der Waals surface area (Å²) in [4.78, 5) is 24.5. The molecule has 2 aromatic heterocycles. The summed E-state index contributed by atoms with van der Waals surface area (Å²) < 4.78 is 7.26. The van der Waals surface area contributed by atoms with E-state index in [0.717, 1.165) is 0 Å². The van der Waals surface area contributed by atoms with Gasteiger partial charge in [-0.1, -0.05) is 5.92 Å². The number of carbonyl (C=O) groups excluding carboxylic acids is 1. The van der Waals surface area contributed by atoms with Gasteiger partial charge in [-0.25, -0.2) is 15.0 Å². The number of carbonyl (C=O) groups is 1. The molecule has 3 atom stereocenters. The lowest BCUT2D eigenvalue weighted by Crippen LogP contribution is -2.34. The van der Waals surface area contributed by atoms with Gasteiger partial charge in [0.1, 0.15) is 17.7 Å². The van der Waals surface area contributed by atoms with Gasteiger partial charge in [-0.3, -0.25) is 9.36 Å². The minimum absolute atomic E-state index is 0.193. The van der Waals surface area contributed by atoms with Crippen LogP contribution in [0.3, 0.4) is 0 Å². The number of hydrogen-bond acceptors (Lipinski definition) is 7. The number of nitrogen functional groups attached to an aromatic ring is 1. The van der Waals surface area contributed by atoms with Crippen molar-refractivity contribution in [2.24, 2.45) is 0 Å². The van der Waals surface area contributed by atoms with Crippen LogP contribution in [-0.4, -0.2) is 49.3 Å².